The Hall–Kier alpha value is -2.60. The SMILES string of the molecule is Cc1cc(-c2ncc(Cl)cc2F)cc(C)c1C1C(=O)CC(CC(=O)NC2CC2)C1=O. The molecule has 0 spiro atoms. The molecule has 0 radical (unpaired) electrons. The van der Waals surface area contributed by atoms with Gasteiger partial charge in [0.15, 0.2) is 11.6 Å². The number of pyridine rings is 1. The van der Waals surface area contributed by atoms with Crippen LogP contribution in [0.4, 0.5) is 4.39 Å². The highest BCUT2D eigenvalue weighted by Gasteiger charge is 2.44. The van der Waals surface area contributed by atoms with Gasteiger partial charge in [-0.15, -0.1) is 0 Å². The number of carbonyl (C=O) groups excluding carboxylic acids is 3. The summed E-state index contributed by atoms with van der Waals surface area (Å²) in [4.78, 5) is 41.9. The Balaban J connectivity index is 1.61. The summed E-state index contributed by atoms with van der Waals surface area (Å²) in [7, 11) is 0. The first-order valence-corrected chi connectivity index (χ1v) is 10.4. The quantitative estimate of drug-likeness (QED) is 0.728. The molecule has 1 amide bonds. The average molecular weight is 429 g/mol. The molecule has 2 atom stereocenters. The van der Waals surface area contributed by atoms with Gasteiger partial charge in [-0.25, -0.2) is 4.39 Å². The molecule has 0 aliphatic heterocycles. The van der Waals surface area contributed by atoms with Crippen LogP contribution in [-0.2, 0) is 14.4 Å². The maximum atomic E-state index is 14.3. The van der Waals surface area contributed by atoms with E-state index in [0.717, 1.165) is 24.0 Å². The van der Waals surface area contributed by atoms with Gasteiger partial charge in [0.05, 0.1) is 5.02 Å². The van der Waals surface area contributed by atoms with Crippen LogP contribution in [0.15, 0.2) is 24.4 Å². The van der Waals surface area contributed by atoms with Gasteiger partial charge in [0.2, 0.25) is 5.91 Å². The van der Waals surface area contributed by atoms with Gasteiger partial charge in [0, 0.05) is 36.6 Å². The number of hydrogen-bond acceptors (Lipinski definition) is 4. The van der Waals surface area contributed by atoms with E-state index >= 15 is 0 Å². The maximum absolute atomic E-state index is 14.3. The molecule has 1 heterocycles. The summed E-state index contributed by atoms with van der Waals surface area (Å²) < 4.78 is 14.3. The van der Waals surface area contributed by atoms with Gasteiger partial charge >= 0.3 is 0 Å². The van der Waals surface area contributed by atoms with Crippen LogP contribution in [0.25, 0.3) is 11.3 Å². The van der Waals surface area contributed by atoms with Crippen molar-refractivity contribution < 1.29 is 18.8 Å². The van der Waals surface area contributed by atoms with E-state index in [1.54, 1.807) is 26.0 Å². The molecule has 30 heavy (non-hydrogen) atoms. The number of nitrogens with one attached hydrogen (secondary N) is 1. The van der Waals surface area contributed by atoms with E-state index in [-0.39, 0.29) is 47.1 Å². The second kappa shape index (κ2) is 7.91. The molecule has 1 aromatic heterocycles. The fraction of sp³-hybridized carbons (Fsp3) is 0.391. The second-order valence-electron chi connectivity index (χ2n) is 8.26. The molecular formula is C23H22ClFN2O3. The normalized spacial score (nSPS) is 21.2. The van der Waals surface area contributed by atoms with Gasteiger partial charge in [0.25, 0.3) is 0 Å². The number of ketones is 2. The first kappa shape index (κ1) is 20.7. The number of nitrogens with zero attached hydrogens (tertiary/aromatic N) is 1. The van der Waals surface area contributed by atoms with Crippen molar-refractivity contribution >= 4 is 29.1 Å². The molecular weight excluding hydrogens is 407 g/mol. The third-order valence-corrected chi connectivity index (χ3v) is 6.00. The Kier molecular flexibility index (Phi) is 5.45. The summed E-state index contributed by atoms with van der Waals surface area (Å²) in [5.41, 5.74) is 2.80. The Bertz CT molecular complexity index is 1040. The van der Waals surface area contributed by atoms with Crippen molar-refractivity contribution in [1.82, 2.24) is 10.3 Å². The lowest BCUT2D eigenvalue weighted by Gasteiger charge is -2.17. The molecule has 2 aromatic rings. The van der Waals surface area contributed by atoms with Crippen molar-refractivity contribution in [3.63, 3.8) is 0 Å². The first-order chi connectivity index (χ1) is 14.2. The number of rotatable bonds is 5. The monoisotopic (exact) mass is 428 g/mol. The molecule has 1 aromatic carbocycles. The lowest BCUT2D eigenvalue weighted by molar-refractivity contribution is -0.128. The predicted molar refractivity (Wildman–Crippen MR) is 111 cm³/mol. The van der Waals surface area contributed by atoms with E-state index in [1.165, 1.54) is 12.3 Å². The van der Waals surface area contributed by atoms with Crippen molar-refractivity contribution in [2.24, 2.45) is 5.92 Å². The van der Waals surface area contributed by atoms with Crippen LogP contribution in [0, 0.1) is 25.6 Å². The summed E-state index contributed by atoms with van der Waals surface area (Å²) in [6.07, 6.45) is 3.45. The molecule has 2 aliphatic carbocycles. The van der Waals surface area contributed by atoms with Crippen molar-refractivity contribution in [2.75, 3.05) is 0 Å². The lowest BCUT2D eigenvalue weighted by Crippen LogP contribution is -2.29. The van der Waals surface area contributed by atoms with Crippen LogP contribution in [-0.4, -0.2) is 28.5 Å². The highest BCUT2D eigenvalue weighted by molar-refractivity contribution is 6.30. The molecule has 5 nitrogen and oxygen atoms in total. The topological polar surface area (TPSA) is 76.1 Å². The van der Waals surface area contributed by atoms with E-state index in [9.17, 15) is 18.8 Å². The fourth-order valence-corrected chi connectivity index (χ4v) is 4.41. The standard InChI is InChI=1S/C23H22ClFN2O3/c1-11-5-13(22-17(25)9-15(24)10-26-22)6-12(2)20(11)21-18(28)7-14(23(21)30)8-19(29)27-16-3-4-16/h5-6,9-10,14,16,21H,3-4,7-8H2,1-2H3,(H,27,29). The number of Topliss-reactive ketones (excluding diaryl/α,β-unsaturated/α-hetero) is 2. The van der Waals surface area contributed by atoms with Gasteiger partial charge in [-0.3, -0.25) is 19.4 Å². The molecule has 0 saturated heterocycles. The molecule has 2 fully saturated rings. The number of halogens is 2. The summed E-state index contributed by atoms with van der Waals surface area (Å²) in [5, 5.41) is 3.08. The Labute approximate surface area is 179 Å². The van der Waals surface area contributed by atoms with E-state index in [0.29, 0.717) is 11.1 Å². The van der Waals surface area contributed by atoms with Crippen LogP contribution in [0.1, 0.15) is 48.3 Å². The number of hydrogen-bond donors (Lipinski definition) is 1. The Morgan fingerprint density at radius 2 is 1.87 bits per heavy atom. The van der Waals surface area contributed by atoms with Crippen LogP contribution in [0.2, 0.25) is 5.02 Å². The Morgan fingerprint density at radius 1 is 1.20 bits per heavy atom. The van der Waals surface area contributed by atoms with Crippen LogP contribution < -0.4 is 5.32 Å². The summed E-state index contributed by atoms with van der Waals surface area (Å²) in [5.74, 6) is -2.54. The molecule has 2 aliphatic rings. The van der Waals surface area contributed by atoms with Gasteiger partial charge in [-0.1, -0.05) is 11.6 Å². The van der Waals surface area contributed by atoms with E-state index in [4.69, 9.17) is 11.6 Å². The molecule has 1 N–H and O–H groups in total. The molecule has 2 unspecified atom stereocenters. The second-order valence-corrected chi connectivity index (χ2v) is 8.69. The van der Waals surface area contributed by atoms with Crippen molar-refractivity contribution in [2.45, 2.75) is 51.5 Å². The zero-order valence-electron chi connectivity index (χ0n) is 16.8. The van der Waals surface area contributed by atoms with Gasteiger partial charge < -0.3 is 5.32 Å². The highest BCUT2D eigenvalue weighted by Crippen LogP contribution is 2.39. The third kappa shape index (κ3) is 4.01. The highest BCUT2D eigenvalue weighted by atomic mass is 35.5. The minimum atomic E-state index is -0.874. The largest absolute Gasteiger partial charge is 0.353 e. The molecule has 0 bridgehead atoms. The van der Waals surface area contributed by atoms with Gasteiger partial charge in [0.1, 0.15) is 17.4 Å². The molecule has 4 rings (SSSR count). The zero-order valence-corrected chi connectivity index (χ0v) is 17.6. The van der Waals surface area contributed by atoms with Crippen molar-refractivity contribution in [1.29, 1.82) is 0 Å². The Morgan fingerprint density at radius 3 is 2.47 bits per heavy atom. The summed E-state index contributed by atoms with van der Waals surface area (Å²) >= 11 is 5.79. The lowest BCUT2D eigenvalue weighted by atomic mass is 9.85. The van der Waals surface area contributed by atoms with E-state index in [2.05, 4.69) is 10.3 Å². The smallest absolute Gasteiger partial charge is 0.220 e. The first-order valence-electron chi connectivity index (χ1n) is 10.0. The van der Waals surface area contributed by atoms with Gasteiger partial charge in [-0.05, 0) is 61.6 Å². The summed E-state index contributed by atoms with van der Waals surface area (Å²) in [6.45, 7) is 3.60. The van der Waals surface area contributed by atoms with Crippen LogP contribution in [0.3, 0.4) is 0 Å². The maximum Gasteiger partial charge on any atom is 0.220 e. The molecule has 2 saturated carbocycles. The number of benzene rings is 1. The van der Waals surface area contributed by atoms with Crippen molar-refractivity contribution in [3.05, 3.63) is 51.9 Å². The number of aromatic nitrogens is 1. The van der Waals surface area contributed by atoms with E-state index in [1.807, 2.05) is 0 Å². The number of amides is 1. The predicted octanol–water partition coefficient (Wildman–Crippen LogP) is 4.07. The minimum Gasteiger partial charge on any atom is -0.353 e. The van der Waals surface area contributed by atoms with Gasteiger partial charge in [-0.2, -0.15) is 0 Å². The average Bonchev–Trinajstić information content (AvgIpc) is 3.42. The fourth-order valence-electron chi connectivity index (χ4n) is 4.26. The van der Waals surface area contributed by atoms with Crippen LogP contribution in [0.5, 0.6) is 0 Å². The number of carbonyl (C=O) groups is 3. The third-order valence-electron chi connectivity index (χ3n) is 5.79. The van der Waals surface area contributed by atoms with E-state index < -0.39 is 17.7 Å². The minimum absolute atomic E-state index is 0.0493. The van der Waals surface area contributed by atoms with Crippen LogP contribution >= 0.6 is 11.6 Å². The summed E-state index contributed by atoms with van der Waals surface area (Å²) in [6, 6.07) is 4.88. The molecule has 7 heteroatoms. The van der Waals surface area contributed by atoms with Crippen molar-refractivity contribution in [3.8, 4) is 11.3 Å². The zero-order chi connectivity index (χ0) is 21.6. The molecule has 156 valence electrons. The number of aryl methyl sites for hydroxylation is 2.